The van der Waals surface area contributed by atoms with Crippen LogP contribution < -0.4 is 10.9 Å². The Balaban J connectivity index is 2.06. The van der Waals surface area contributed by atoms with Gasteiger partial charge in [0.2, 0.25) is 5.88 Å². The normalized spacial score (nSPS) is 16.2. The lowest BCUT2D eigenvalue weighted by atomic mass is 10.3. The summed E-state index contributed by atoms with van der Waals surface area (Å²) in [6.45, 7) is 9.34. The fraction of sp³-hybridized carbons (Fsp3) is 0.500. The van der Waals surface area contributed by atoms with E-state index in [9.17, 15) is 9.90 Å². The van der Waals surface area contributed by atoms with Gasteiger partial charge >= 0.3 is 0 Å². The average Bonchev–Trinajstić information content (AvgIpc) is 2.51. The third-order valence-electron chi connectivity index (χ3n) is 3.49. The minimum atomic E-state index is -0.436. The number of rotatable bonds is 6. The molecule has 1 saturated heterocycles. The number of H-pyrrole nitrogens is 1. The molecule has 3 N–H and O–H groups in total. The van der Waals surface area contributed by atoms with Crippen LogP contribution in [0, 0.1) is 4.77 Å². The molecule has 0 atom stereocenters. The molecule has 0 aromatic carbocycles. The summed E-state index contributed by atoms with van der Waals surface area (Å²) in [6.07, 6.45) is 3.00. The molecule has 2 heterocycles. The quantitative estimate of drug-likeness (QED) is 0.393. The van der Waals surface area contributed by atoms with Crippen LogP contribution in [0.5, 0.6) is 5.88 Å². The van der Waals surface area contributed by atoms with Gasteiger partial charge < -0.3 is 10.4 Å². The molecule has 1 aromatic heterocycles. The number of aromatic hydroxyl groups is 1. The van der Waals surface area contributed by atoms with Gasteiger partial charge in [-0.1, -0.05) is 6.08 Å². The summed E-state index contributed by atoms with van der Waals surface area (Å²) < 4.78 is 1.57. The Morgan fingerprint density at radius 2 is 2.14 bits per heavy atom. The molecule has 1 fully saturated rings. The van der Waals surface area contributed by atoms with Crippen molar-refractivity contribution >= 4 is 18.4 Å². The number of piperazine rings is 1. The number of aromatic nitrogens is 2. The number of nitrogens with zero attached hydrogens (tertiary/aromatic N) is 3. The zero-order valence-corrected chi connectivity index (χ0v) is 13.2. The van der Waals surface area contributed by atoms with Gasteiger partial charge in [-0.05, 0) is 12.2 Å². The summed E-state index contributed by atoms with van der Waals surface area (Å²) in [6, 6.07) is 0. The van der Waals surface area contributed by atoms with Crippen molar-refractivity contribution in [2.24, 2.45) is 4.99 Å². The summed E-state index contributed by atoms with van der Waals surface area (Å²) in [5, 5.41) is 13.4. The van der Waals surface area contributed by atoms with Crippen LogP contribution in [0.3, 0.4) is 0 Å². The van der Waals surface area contributed by atoms with Gasteiger partial charge in [0.1, 0.15) is 5.56 Å². The SMILES string of the molecule is C=CCn1c(O)c(C=NCCN2CCNCC2)c(=O)[nH]c1=S. The molecule has 120 valence electrons. The van der Waals surface area contributed by atoms with Crippen molar-refractivity contribution in [1.82, 2.24) is 19.8 Å². The van der Waals surface area contributed by atoms with Gasteiger partial charge in [-0.15, -0.1) is 6.58 Å². The molecule has 0 aliphatic carbocycles. The Morgan fingerprint density at radius 1 is 1.41 bits per heavy atom. The average molecular weight is 323 g/mol. The first kappa shape index (κ1) is 16.6. The maximum Gasteiger partial charge on any atom is 0.264 e. The number of hydrogen-bond donors (Lipinski definition) is 3. The molecule has 8 heteroatoms. The summed E-state index contributed by atoms with van der Waals surface area (Å²) >= 11 is 5.02. The summed E-state index contributed by atoms with van der Waals surface area (Å²) in [5.41, 5.74) is -0.315. The van der Waals surface area contributed by atoms with Crippen molar-refractivity contribution in [3.05, 3.63) is 33.3 Å². The second-order valence-electron chi connectivity index (χ2n) is 5.02. The Hall–Kier alpha value is -1.77. The van der Waals surface area contributed by atoms with E-state index in [1.165, 1.54) is 10.8 Å². The van der Waals surface area contributed by atoms with E-state index in [-0.39, 0.29) is 16.2 Å². The minimum Gasteiger partial charge on any atom is -0.494 e. The maximum atomic E-state index is 11.9. The fourth-order valence-electron chi connectivity index (χ4n) is 2.28. The van der Waals surface area contributed by atoms with Gasteiger partial charge in [0, 0.05) is 45.5 Å². The molecule has 0 amide bonds. The molecule has 0 radical (unpaired) electrons. The van der Waals surface area contributed by atoms with Gasteiger partial charge in [0.05, 0.1) is 6.54 Å². The molecule has 1 aliphatic rings. The predicted octanol–water partition coefficient (Wildman–Crippen LogP) is 0.122. The van der Waals surface area contributed by atoms with E-state index in [0.29, 0.717) is 13.1 Å². The molecule has 2 rings (SSSR count). The van der Waals surface area contributed by atoms with Gasteiger partial charge in [0.25, 0.3) is 5.56 Å². The molecular formula is C14H21N5O2S. The molecule has 0 bridgehead atoms. The lowest BCUT2D eigenvalue weighted by Gasteiger charge is -2.26. The van der Waals surface area contributed by atoms with Crippen molar-refractivity contribution in [2.75, 3.05) is 39.3 Å². The highest BCUT2D eigenvalue weighted by Gasteiger charge is 2.10. The fourth-order valence-corrected chi connectivity index (χ4v) is 2.53. The number of aliphatic imine (C=N–C) groups is 1. The topological polar surface area (TPSA) is 85.7 Å². The van der Waals surface area contributed by atoms with Crippen LogP contribution in [0.2, 0.25) is 0 Å². The zero-order valence-electron chi connectivity index (χ0n) is 12.4. The van der Waals surface area contributed by atoms with Crippen LogP contribution in [0.25, 0.3) is 0 Å². The molecule has 0 unspecified atom stereocenters. The Morgan fingerprint density at radius 3 is 2.82 bits per heavy atom. The van der Waals surface area contributed by atoms with E-state index >= 15 is 0 Å². The first-order valence-corrected chi connectivity index (χ1v) is 7.64. The van der Waals surface area contributed by atoms with Crippen LogP contribution in [0.4, 0.5) is 0 Å². The van der Waals surface area contributed by atoms with Crippen molar-refractivity contribution in [2.45, 2.75) is 6.54 Å². The molecule has 22 heavy (non-hydrogen) atoms. The standard InChI is InChI=1S/C14H21N5O2S/c1-2-6-19-13(21)11(12(20)17-14(19)22)10-16-5-9-18-7-3-15-4-8-18/h2,10,15,21H,1,3-9H2,(H,17,20,22). The van der Waals surface area contributed by atoms with Gasteiger partial charge in [-0.25, -0.2) is 0 Å². The summed E-state index contributed by atoms with van der Waals surface area (Å²) in [5.74, 6) is -0.181. The molecule has 1 aromatic rings. The van der Waals surface area contributed by atoms with E-state index in [4.69, 9.17) is 12.2 Å². The highest BCUT2D eigenvalue weighted by atomic mass is 32.1. The minimum absolute atomic E-state index is 0.121. The van der Waals surface area contributed by atoms with Gasteiger partial charge in [0.15, 0.2) is 4.77 Å². The second-order valence-corrected chi connectivity index (χ2v) is 5.41. The lowest BCUT2D eigenvalue weighted by molar-refractivity contribution is 0.248. The van der Waals surface area contributed by atoms with Crippen LogP contribution in [-0.2, 0) is 6.54 Å². The van der Waals surface area contributed by atoms with E-state index in [1.807, 2.05) is 0 Å². The molecular weight excluding hydrogens is 302 g/mol. The van der Waals surface area contributed by atoms with Gasteiger partial charge in [-0.2, -0.15) is 0 Å². The largest absolute Gasteiger partial charge is 0.494 e. The number of hydrogen-bond acceptors (Lipinski definition) is 6. The maximum absolute atomic E-state index is 11.9. The van der Waals surface area contributed by atoms with E-state index in [1.54, 1.807) is 6.08 Å². The zero-order chi connectivity index (χ0) is 15.9. The first-order chi connectivity index (χ1) is 10.6. The third-order valence-corrected chi connectivity index (χ3v) is 3.82. The number of nitrogens with one attached hydrogen (secondary N) is 2. The smallest absolute Gasteiger partial charge is 0.264 e. The van der Waals surface area contributed by atoms with Crippen molar-refractivity contribution in [1.29, 1.82) is 0 Å². The van der Waals surface area contributed by atoms with Crippen molar-refractivity contribution in [3.8, 4) is 5.88 Å². The molecule has 1 aliphatic heterocycles. The molecule has 0 saturated carbocycles. The highest BCUT2D eigenvalue weighted by Crippen LogP contribution is 2.11. The van der Waals surface area contributed by atoms with Gasteiger partial charge in [-0.3, -0.25) is 24.2 Å². The number of aromatic amines is 1. The van der Waals surface area contributed by atoms with Crippen LogP contribution in [0.1, 0.15) is 5.56 Å². The van der Waals surface area contributed by atoms with Crippen LogP contribution in [0.15, 0.2) is 22.4 Å². The third kappa shape index (κ3) is 4.12. The van der Waals surface area contributed by atoms with Crippen LogP contribution >= 0.6 is 12.2 Å². The predicted molar refractivity (Wildman–Crippen MR) is 89.5 cm³/mol. The monoisotopic (exact) mass is 323 g/mol. The Labute approximate surface area is 134 Å². The molecule has 7 nitrogen and oxygen atoms in total. The summed E-state index contributed by atoms with van der Waals surface area (Å²) in [4.78, 5) is 21.0. The Bertz CT molecular complexity index is 658. The van der Waals surface area contributed by atoms with Crippen molar-refractivity contribution in [3.63, 3.8) is 0 Å². The molecule has 0 spiro atoms. The van der Waals surface area contributed by atoms with E-state index in [0.717, 1.165) is 32.7 Å². The summed E-state index contributed by atoms with van der Waals surface area (Å²) in [7, 11) is 0. The Kier molecular flexibility index (Phi) is 6.05. The number of allylic oxidation sites excluding steroid dienone is 1. The van der Waals surface area contributed by atoms with E-state index < -0.39 is 5.56 Å². The second kappa shape index (κ2) is 8.02. The lowest BCUT2D eigenvalue weighted by Crippen LogP contribution is -2.44. The highest BCUT2D eigenvalue weighted by molar-refractivity contribution is 7.71. The van der Waals surface area contributed by atoms with E-state index in [2.05, 4.69) is 26.8 Å². The first-order valence-electron chi connectivity index (χ1n) is 7.23. The van der Waals surface area contributed by atoms with Crippen molar-refractivity contribution < 1.29 is 5.11 Å². The van der Waals surface area contributed by atoms with Crippen LogP contribution in [-0.4, -0.2) is 65.0 Å².